The molecule has 0 aliphatic carbocycles. The number of carbonyl (C=O) groups is 2. The van der Waals surface area contributed by atoms with Gasteiger partial charge in [0.25, 0.3) is 5.24 Å². The number of amides is 1. The molecule has 0 saturated carbocycles. The smallest absolute Gasteiger partial charge is 0.416 e. The third-order valence-corrected chi connectivity index (χ3v) is 9.42. The largest absolute Gasteiger partial charge is 0.478 e. The Morgan fingerprint density at radius 1 is 0.837 bits per heavy atom. The molecule has 0 radical (unpaired) electrons. The average Bonchev–Trinajstić information content (AvgIpc) is 3.21. The molecule has 2 atom stereocenters. The Morgan fingerprint density at radius 2 is 1.56 bits per heavy atom. The number of carbonyl (C=O) groups excluding carboxylic acids is 1. The maximum absolute atomic E-state index is 13.5. The number of carboxylic acid groups (broad SMARTS) is 1. The lowest BCUT2D eigenvalue weighted by molar-refractivity contribution is -0.137. The maximum Gasteiger partial charge on any atom is 0.416 e. The highest BCUT2D eigenvalue weighted by Gasteiger charge is 2.40. The van der Waals surface area contributed by atoms with Gasteiger partial charge in [-0.1, -0.05) is 65.4 Å². The van der Waals surface area contributed by atoms with Crippen LogP contribution in [0, 0.1) is 27.7 Å². The molecule has 4 aromatic carbocycles. The van der Waals surface area contributed by atoms with Gasteiger partial charge in [-0.2, -0.15) is 13.2 Å². The first kappa shape index (κ1) is 30.4. The van der Waals surface area contributed by atoms with Crippen LogP contribution in [-0.4, -0.2) is 27.3 Å². The van der Waals surface area contributed by atoms with Gasteiger partial charge in [0, 0.05) is 12.6 Å². The number of carboxylic acids is 1. The molecule has 222 valence electrons. The molecule has 0 unspecified atom stereocenters. The van der Waals surface area contributed by atoms with Gasteiger partial charge in [-0.15, -0.1) is 0 Å². The quantitative estimate of drug-likeness (QED) is 0.238. The first-order valence-electron chi connectivity index (χ1n) is 13.9. The highest BCUT2D eigenvalue weighted by molar-refractivity contribution is 8.14. The normalized spacial score (nSPS) is 17.0. The Hall–Kier alpha value is -4.04. The summed E-state index contributed by atoms with van der Waals surface area (Å²) < 4.78 is 40.6. The number of rotatable bonds is 6. The Balaban J connectivity index is 1.50. The van der Waals surface area contributed by atoms with Crippen LogP contribution in [0.3, 0.4) is 0 Å². The number of hydrogen-bond donors (Lipinski definition) is 1. The van der Waals surface area contributed by atoms with Crippen molar-refractivity contribution in [2.24, 2.45) is 0 Å². The van der Waals surface area contributed by atoms with Gasteiger partial charge in [-0.05, 0) is 109 Å². The molecular formula is C35H32F3NO3S. The van der Waals surface area contributed by atoms with Gasteiger partial charge in [0.15, 0.2) is 0 Å². The molecule has 0 spiro atoms. The second kappa shape index (κ2) is 11.6. The van der Waals surface area contributed by atoms with Crippen molar-refractivity contribution >= 4 is 23.0 Å². The van der Waals surface area contributed by atoms with Crippen molar-refractivity contribution in [2.75, 3.05) is 0 Å². The van der Waals surface area contributed by atoms with Crippen molar-refractivity contribution in [3.8, 4) is 22.3 Å². The Kier molecular flexibility index (Phi) is 8.18. The molecule has 4 nitrogen and oxygen atoms in total. The second-order valence-electron chi connectivity index (χ2n) is 11.3. The van der Waals surface area contributed by atoms with Crippen molar-refractivity contribution in [1.29, 1.82) is 0 Å². The monoisotopic (exact) mass is 603 g/mol. The predicted molar refractivity (Wildman–Crippen MR) is 165 cm³/mol. The van der Waals surface area contributed by atoms with Crippen molar-refractivity contribution in [3.05, 3.63) is 117 Å². The van der Waals surface area contributed by atoms with Gasteiger partial charge in [-0.3, -0.25) is 4.79 Å². The fourth-order valence-electron chi connectivity index (χ4n) is 5.80. The van der Waals surface area contributed by atoms with E-state index >= 15 is 0 Å². The molecule has 1 heterocycles. The van der Waals surface area contributed by atoms with Crippen molar-refractivity contribution in [2.45, 2.75) is 58.6 Å². The number of aryl methyl sites for hydroxylation is 4. The number of nitrogens with zero attached hydrogens (tertiary/aromatic N) is 1. The minimum absolute atomic E-state index is 0.167. The highest BCUT2D eigenvalue weighted by Crippen LogP contribution is 2.46. The zero-order chi connectivity index (χ0) is 31.2. The zero-order valence-electron chi connectivity index (χ0n) is 24.5. The molecular weight excluding hydrogens is 571 g/mol. The molecule has 5 rings (SSSR count). The number of hydrogen-bond acceptors (Lipinski definition) is 3. The van der Waals surface area contributed by atoms with Crippen LogP contribution in [0.1, 0.15) is 61.5 Å². The summed E-state index contributed by atoms with van der Waals surface area (Å²) in [6, 6.07) is 21.0. The minimum Gasteiger partial charge on any atom is -0.478 e. The zero-order valence-corrected chi connectivity index (χ0v) is 25.4. The van der Waals surface area contributed by atoms with Crippen LogP contribution in [-0.2, 0) is 12.7 Å². The summed E-state index contributed by atoms with van der Waals surface area (Å²) in [5, 5.41) is 8.78. The van der Waals surface area contributed by atoms with Crippen LogP contribution < -0.4 is 0 Å². The summed E-state index contributed by atoms with van der Waals surface area (Å²) >= 11 is 1.07. The average molecular weight is 604 g/mol. The molecule has 0 aromatic heterocycles. The molecule has 0 bridgehead atoms. The van der Waals surface area contributed by atoms with Gasteiger partial charge in [0.1, 0.15) is 0 Å². The number of alkyl halides is 3. The fourth-order valence-corrected chi connectivity index (χ4v) is 7.00. The second-order valence-corrected chi connectivity index (χ2v) is 12.4. The summed E-state index contributed by atoms with van der Waals surface area (Å²) in [6.45, 7) is 9.74. The van der Waals surface area contributed by atoms with Crippen LogP contribution in [0.15, 0.2) is 72.8 Å². The van der Waals surface area contributed by atoms with Crippen LogP contribution in [0.2, 0.25) is 0 Å². The molecule has 1 aliphatic heterocycles. The molecule has 1 aliphatic rings. The number of aromatic carboxylic acids is 1. The number of benzene rings is 4. The van der Waals surface area contributed by atoms with Crippen LogP contribution in [0.4, 0.5) is 18.0 Å². The van der Waals surface area contributed by atoms with Gasteiger partial charge in [0.05, 0.1) is 16.4 Å². The van der Waals surface area contributed by atoms with E-state index in [0.717, 1.165) is 68.4 Å². The summed E-state index contributed by atoms with van der Waals surface area (Å²) in [4.78, 5) is 26.5. The Bertz CT molecular complexity index is 1750. The number of thioether (sulfide) groups is 1. The van der Waals surface area contributed by atoms with E-state index in [4.69, 9.17) is 0 Å². The molecule has 1 N–H and O–H groups in total. The topological polar surface area (TPSA) is 57.6 Å². The maximum atomic E-state index is 13.5. The fraction of sp³-hybridized carbons (Fsp3) is 0.257. The van der Waals surface area contributed by atoms with Crippen molar-refractivity contribution in [3.63, 3.8) is 0 Å². The standard InChI is InChI=1S/C35H32F3NO3S/c1-19-6-10-30(31-17-24(8-7-21(31)3)29-11-9-25(33(40)41)15-22(29)4)27(12-19)18-39-23(5)32(43-34(39)42)26-13-20(2)14-28(16-26)35(36,37)38/h6-17,23,32H,18H2,1-5H3,(H,40,41)/t23-,32-/m0/s1. The van der Waals surface area contributed by atoms with Crippen LogP contribution in [0.25, 0.3) is 22.3 Å². The van der Waals surface area contributed by atoms with E-state index in [-0.39, 0.29) is 16.8 Å². The molecule has 43 heavy (non-hydrogen) atoms. The molecule has 1 amide bonds. The predicted octanol–water partition coefficient (Wildman–Crippen LogP) is 9.77. The van der Waals surface area contributed by atoms with Gasteiger partial charge >= 0.3 is 12.1 Å². The van der Waals surface area contributed by atoms with Crippen LogP contribution in [0.5, 0.6) is 0 Å². The van der Waals surface area contributed by atoms with Gasteiger partial charge < -0.3 is 10.0 Å². The van der Waals surface area contributed by atoms with Crippen molar-refractivity contribution in [1.82, 2.24) is 4.90 Å². The number of halogens is 3. The van der Waals surface area contributed by atoms with E-state index in [1.165, 1.54) is 0 Å². The lowest BCUT2D eigenvalue weighted by atomic mass is 9.90. The molecule has 8 heteroatoms. The van der Waals surface area contributed by atoms with Crippen molar-refractivity contribution < 1.29 is 27.9 Å². The third-order valence-electron chi connectivity index (χ3n) is 8.06. The lowest BCUT2D eigenvalue weighted by Crippen LogP contribution is -2.31. The molecule has 1 fully saturated rings. The van der Waals surface area contributed by atoms with Crippen LogP contribution >= 0.6 is 11.8 Å². The molecule has 4 aromatic rings. The van der Waals surface area contributed by atoms with Gasteiger partial charge in [0.2, 0.25) is 0 Å². The first-order chi connectivity index (χ1) is 20.2. The Labute approximate surface area is 253 Å². The minimum atomic E-state index is -4.46. The van der Waals surface area contributed by atoms with E-state index in [9.17, 15) is 27.9 Å². The van der Waals surface area contributed by atoms with Gasteiger partial charge in [-0.25, -0.2) is 4.79 Å². The summed E-state index contributed by atoms with van der Waals surface area (Å²) in [7, 11) is 0. The molecule has 1 saturated heterocycles. The summed E-state index contributed by atoms with van der Waals surface area (Å²) in [5.74, 6) is -0.974. The van der Waals surface area contributed by atoms with E-state index in [1.807, 2.05) is 58.0 Å². The third kappa shape index (κ3) is 6.20. The Morgan fingerprint density at radius 3 is 2.23 bits per heavy atom. The lowest BCUT2D eigenvalue weighted by Gasteiger charge is -2.26. The first-order valence-corrected chi connectivity index (χ1v) is 14.8. The van der Waals surface area contributed by atoms with E-state index in [0.29, 0.717) is 17.7 Å². The van der Waals surface area contributed by atoms with E-state index in [2.05, 4.69) is 12.1 Å². The summed E-state index contributed by atoms with van der Waals surface area (Å²) in [5.41, 5.74) is 8.24. The van der Waals surface area contributed by atoms with E-state index < -0.39 is 23.0 Å². The SMILES string of the molecule is Cc1cc([C@H]2SC(=O)N(Cc3cc(C)ccc3-c3cc(-c4ccc(C(=O)O)cc4C)ccc3C)[C@H]2C)cc(C(F)(F)F)c1. The highest BCUT2D eigenvalue weighted by atomic mass is 32.2. The van der Waals surface area contributed by atoms with E-state index in [1.54, 1.807) is 30.0 Å². The summed E-state index contributed by atoms with van der Waals surface area (Å²) in [6.07, 6.45) is -4.46.